The van der Waals surface area contributed by atoms with Crippen molar-refractivity contribution in [3.63, 3.8) is 0 Å². The molecule has 2 nitrogen and oxygen atoms in total. The maximum absolute atomic E-state index is 6.22. The van der Waals surface area contributed by atoms with Crippen molar-refractivity contribution >= 4 is 27.5 Å². The van der Waals surface area contributed by atoms with Gasteiger partial charge in [0.15, 0.2) is 0 Å². The van der Waals surface area contributed by atoms with Gasteiger partial charge < -0.3 is 5.73 Å². The van der Waals surface area contributed by atoms with Crippen LogP contribution in [0.15, 0.2) is 41.1 Å². The highest BCUT2D eigenvalue weighted by atomic mass is 79.9. The number of nitrogens with two attached hydrogens (primary N) is 1. The molecule has 18 heavy (non-hydrogen) atoms. The molecule has 0 fully saturated rings. The fourth-order valence-electron chi connectivity index (χ4n) is 1.90. The summed E-state index contributed by atoms with van der Waals surface area (Å²) < 4.78 is 0.974. The fourth-order valence-corrected chi connectivity index (χ4v) is 2.65. The van der Waals surface area contributed by atoms with E-state index >= 15 is 0 Å². The summed E-state index contributed by atoms with van der Waals surface area (Å²) in [6.07, 6.45) is 4.31. The first kappa shape index (κ1) is 13.5. The van der Waals surface area contributed by atoms with E-state index < -0.39 is 0 Å². The van der Waals surface area contributed by atoms with Crippen molar-refractivity contribution in [2.75, 3.05) is 0 Å². The first-order valence-electron chi connectivity index (χ1n) is 5.68. The molecule has 0 saturated carbocycles. The average Bonchev–Trinajstić information content (AvgIpc) is 2.33. The lowest BCUT2D eigenvalue weighted by molar-refractivity contribution is 0.712. The van der Waals surface area contributed by atoms with E-state index in [-0.39, 0.29) is 6.04 Å². The minimum atomic E-state index is -0.0858. The van der Waals surface area contributed by atoms with Crippen LogP contribution in [0.2, 0.25) is 5.02 Å². The number of halogens is 2. The summed E-state index contributed by atoms with van der Waals surface area (Å²) in [5.41, 5.74) is 9.50. The highest BCUT2D eigenvalue weighted by Crippen LogP contribution is 2.26. The molecule has 1 aromatic heterocycles. The monoisotopic (exact) mass is 324 g/mol. The lowest BCUT2D eigenvalue weighted by atomic mass is 9.98. The van der Waals surface area contributed by atoms with Gasteiger partial charge >= 0.3 is 0 Å². The van der Waals surface area contributed by atoms with Crippen molar-refractivity contribution in [2.45, 2.75) is 19.4 Å². The van der Waals surface area contributed by atoms with Crippen molar-refractivity contribution in [1.29, 1.82) is 0 Å². The Morgan fingerprint density at radius 1 is 1.39 bits per heavy atom. The minimum Gasteiger partial charge on any atom is -0.324 e. The molecule has 2 rings (SSSR count). The third-order valence-electron chi connectivity index (χ3n) is 2.93. The molecule has 2 aromatic rings. The summed E-state index contributed by atoms with van der Waals surface area (Å²) in [6, 6.07) is 7.75. The second kappa shape index (κ2) is 5.83. The van der Waals surface area contributed by atoms with E-state index in [0.29, 0.717) is 6.42 Å². The van der Waals surface area contributed by atoms with Crippen LogP contribution in [-0.2, 0) is 6.42 Å². The summed E-state index contributed by atoms with van der Waals surface area (Å²) in [5, 5.41) is 0.737. The van der Waals surface area contributed by atoms with Gasteiger partial charge in [0.25, 0.3) is 0 Å². The number of hydrogen-bond donors (Lipinski definition) is 1. The molecule has 94 valence electrons. The van der Waals surface area contributed by atoms with E-state index in [2.05, 4.69) is 20.9 Å². The molecular weight excluding hydrogens is 312 g/mol. The van der Waals surface area contributed by atoms with Gasteiger partial charge in [0.1, 0.15) is 0 Å². The van der Waals surface area contributed by atoms with Crippen LogP contribution in [-0.4, -0.2) is 4.98 Å². The van der Waals surface area contributed by atoms with Gasteiger partial charge in [-0.05, 0) is 48.2 Å². The van der Waals surface area contributed by atoms with Gasteiger partial charge in [-0.1, -0.05) is 33.6 Å². The number of hydrogen-bond acceptors (Lipinski definition) is 2. The van der Waals surface area contributed by atoms with Crippen molar-refractivity contribution in [3.8, 4) is 0 Å². The van der Waals surface area contributed by atoms with Gasteiger partial charge in [0, 0.05) is 27.9 Å². The molecule has 1 unspecified atom stereocenters. The van der Waals surface area contributed by atoms with Crippen molar-refractivity contribution in [2.24, 2.45) is 5.73 Å². The molecule has 1 heterocycles. The van der Waals surface area contributed by atoms with Crippen LogP contribution in [0, 0.1) is 6.92 Å². The summed E-state index contributed by atoms with van der Waals surface area (Å²) in [5.74, 6) is 0. The molecule has 0 saturated heterocycles. The van der Waals surface area contributed by atoms with Crippen molar-refractivity contribution < 1.29 is 0 Å². The van der Waals surface area contributed by atoms with E-state index in [4.69, 9.17) is 17.3 Å². The second-order valence-corrected chi connectivity index (χ2v) is 5.60. The first-order chi connectivity index (χ1) is 8.58. The van der Waals surface area contributed by atoms with E-state index in [9.17, 15) is 0 Å². The fraction of sp³-hybridized carbons (Fsp3) is 0.214. The zero-order valence-electron chi connectivity index (χ0n) is 10.0. The van der Waals surface area contributed by atoms with Crippen LogP contribution in [0.25, 0.3) is 0 Å². The van der Waals surface area contributed by atoms with Gasteiger partial charge in [-0.3, -0.25) is 4.98 Å². The van der Waals surface area contributed by atoms with E-state index in [1.165, 1.54) is 0 Å². The molecule has 0 radical (unpaired) electrons. The molecule has 0 aliphatic carbocycles. The standard InChI is InChI=1S/C14H14BrClN2/c1-9-4-5-18-8-12(9)14(17)6-10-2-3-11(15)7-13(10)16/h2-5,7-8,14H,6,17H2,1H3. The number of aromatic nitrogens is 1. The topological polar surface area (TPSA) is 38.9 Å². The van der Waals surface area contributed by atoms with Crippen LogP contribution in [0.1, 0.15) is 22.7 Å². The average molecular weight is 326 g/mol. The highest BCUT2D eigenvalue weighted by molar-refractivity contribution is 9.10. The predicted molar refractivity (Wildman–Crippen MR) is 78.8 cm³/mol. The number of rotatable bonds is 3. The second-order valence-electron chi connectivity index (χ2n) is 4.28. The summed E-state index contributed by atoms with van der Waals surface area (Å²) >= 11 is 9.59. The lowest BCUT2D eigenvalue weighted by Gasteiger charge is -2.15. The third kappa shape index (κ3) is 3.10. The van der Waals surface area contributed by atoms with Crippen LogP contribution < -0.4 is 5.73 Å². The largest absolute Gasteiger partial charge is 0.324 e. The van der Waals surface area contributed by atoms with Crippen molar-refractivity contribution in [3.05, 3.63) is 62.8 Å². The van der Waals surface area contributed by atoms with Gasteiger partial charge in [0.2, 0.25) is 0 Å². The van der Waals surface area contributed by atoms with Crippen LogP contribution in [0.4, 0.5) is 0 Å². The molecule has 0 amide bonds. The van der Waals surface area contributed by atoms with Crippen LogP contribution >= 0.6 is 27.5 Å². The Kier molecular flexibility index (Phi) is 4.38. The molecule has 1 aromatic carbocycles. The molecule has 2 N–H and O–H groups in total. The maximum Gasteiger partial charge on any atom is 0.0449 e. The SMILES string of the molecule is Cc1ccncc1C(N)Cc1ccc(Br)cc1Cl. The Morgan fingerprint density at radius 3 is 2.83 bits per heavy atom. The number of benzene rings is 1. The summed E-state index contributed by atoms with van der Waals surface area (Å²) in [7, 11) is 0. The summed E-state index contributed by atoms with van der Waals surface area (Å²) in [4.78, 5) is 4.12. The number of pyridine rings is 1. The molecule has 0 aliphatic heterocycles. The van der Waals surface area contributed by atoms with Gasteiger partial charge in [0.05, 0.1) is 0 Å². The van der Waals surface area contributed by atoms with E-state index in [0.717, 1.165) is 26.2 Å². The van der Waals surface area contributed by atoms with Gasteiger partial charge in [-0.2, -0.15) is 0 Å². The Hall–Kier alpha value is -0.900. The molecule has 0 spiro atoms. The molecule has 1 atom stereocenters. The van der Waals surface area contributed by atoms with Gasteiger partial charge in [-0.15, -0.1) is 0 Å². The van der Waals surface area contributed by atoms with Crippen molar-refractivity contribution in [1.82, 2.24) is 4.98 Å². The lowest BCUT2D eigenvalue weighted by Crippen LogP contribution is -2.15. The molecule has 4 heteroatoms. The third-order valence-corrected chi connectivity index (χ3v) is 3.78. The Balaban J connectivity index is 2.21. The van der Waals surface area contributed by atoms with Crippen LogP contribution in [0.5, 0.6) is 0 Å². The Labute approximate surface area is 120 Å². The zero-order chi connectivity index (χ0) is 13.1. The summed E-state index contributed by atoms with van der Waals surface area (Å²) in [6.45, 7) is 2.04. The molecule has 0 bridgehead atoms. The minimum absolute atomic E-state index is 0.0858. The zero-order valence-corrected chi connectivity index (χ0v) is 12.4. The highest BCUT2D eigenvalue weighted by Gasteiger charge is 2.12. The van der Waals surface area contributed by atoms with E-state index in [1.54, 1.807) is 6.20 Å². The molecule has 0 aliphatic rings. The smallest absolute Gasteiger partial charge is 0.0449 e. The van der Waals surface area contributed by atoms with E-state index in [1.807, 2.05) is 37.4 Å². The first-order valence-corrected chi connectivity index (χ1v) is 6.85. The Morgan fingerprint density at radius 2 is 2.17 bits per heavy atom. The quantitative estimate of drug-likeness (QED) is 0.924. The molecular formula is C14H14BrClN2. The normalized spacial score (nSPS) is 12.4. The number of nitrogens with zero attached hydrogens (tertiary/aromatic N) is 1. The van der Waals surface area contributed by atoms with Gasteiger partial charge in [-0.25, -0.2) is 0 Å². The Bertz CT molecular complexity index is 557. The predicted octanol–water partition coefficient (Wildman–Crippen LogP) is 4.05. The maximum atomic E-state index is 6.22. The number of aryl methyl sites for hydroxylation is 1. The van der Waals surface area contributed by atoms with Crippen LogP contribution in [0.3, 0.4) is 0 Å².